The van der Waals surface area contributed by atoms with Crippen molar-refractivity contribution in [2.45, 2.75) is 18.5 Å². The zero-order valence-electron chi connectivity index (χ0n) is 15.9. The highest BCUT2D eigenvalue weighted by atomic mass is 16.5. The van der Waals surface area contributed by atoms with E-state index in [4.69, 9.17) is 9.47 Å². The van der Waals surface area contributed by atoms with Crippen LogP contribution in [0, 0.1) is 0 Å². The maximum Gasteiger partial charge on any atom is 0.255 e. The minimum absolute atomic E-state index is 0.0183. The predicted octanol–water partition coefficient (Wildman–Crippen LogP) is 3.00. The van der Waals surface area contributed by atoms with Crippen LogP contribution in [-0.4, -0.2) is 41.5 Å². The van der Waals surface area contributed by atoms with E-state index in [1.807, 2.05) is 54.6 Å². The van der Waals surface area contributed by atoms with Gasteiger partial charge in [-0.2, -0.15) is 10.1 Å². The van der Waals surface area contributed by atoms with Crippen LogP contribution >= 0.6 is 0 Å². The Morgan fingerprint density at radius 3 is 2.57 bits per heavy atom. The molecule has 144 valence electrons. The molecule has 4 rings (SSSR count). The van der Waals surface area contributed by atoms with E-state index in [-0.39, 0.29) is 24.6 Å². The first-order valence-corrected chi connectivity index (χ1v) is 9.13. The predicted molar refractivity (Wildman–Crippen MR) is 104 cm³/mol. The topological polar surface area (TPSA) is 69.5 Å². The summed E-state index contributed by atoms with van der Waals surface area (Å²) in [5.74, 6) is 1.15. The molecule has 3 aromatic rings. The molecule has 0 fully saturated rings. The minimum Gasteiger partial charge on any atom is -0.496 e. The molecule has 2 atom stereocenters. The average molecular weight is 378 g/mol. The van der Waals surface area contributed by atoms with Gasteiger partial charge in [-0.25, -0.2) is 4.68 Å². The van der Waals surface area contributed by atoms with Crippen molar-refractivity contribution < 1.29 is 14.3 Å². The van der Waals surface area contributed by atoms with Crippen LogP contribution in [0.4, 0.5) is 5.95 Å². The number of nitrogens with zero attached hydrogens (tertiary/aromatic N) is 4. The van der Waals surface area contributed by atoms with Gasteiger partial charge in [0, 0.05) is 12.7 Å². The van der Waals surface area contributed by atoms with Gasteiger partial charge in [-0.3, -0.25) is 9.69 Å². The standard InChI is InChI=1S/C21H22N4O3/c1-27-13-20(26)24-17(15-8-4-3-5-9-15)12-18(25-21(24)22-14-23-25)16-10-6-7-11-19(16)28-2/h3-11,14,17-18H,12-13H2,1-2H3/t17-,18-/m0/s1. The van der Waals surface area contributed by atoms with Crippen molar-refractivity contribution in [2.75, 3.05) is 25.7 Å². The summed E-state index contributed by atoms with van der Waals surface area (Å²) < 4.78 is 12.5. The van der Waals surface area contributed by atoms with Crippen LogP contribution in [0.25, 0.3) is 0 Å². The third kappa shape index (κ3) is 3.14. The Kier molecular flexibility index (Phi) is 5.08. The van der Waals surface area contributed by atoms with Crippen molar-refractivity contribution >= 4 is 11.9 Å². The van der Waals surface area contributed by atoms with Crippen LogP contribution in [0.15, 0.2) is 60.9 Å². The van der Waals surface area contributed by atoms with E-state index in [2.05, 4.69) is 10.1 Å². The fraction of sp³-hybridized carbons (Fsp3) is 0.286. The van der Waals surface area contributed by atoms with Gasteiger partial charge in [-0.1, -0.05) is 48.5 Å². The van der Waals surface area contributed by atoms with Crippen molar-refractivity contribution in [3.63, 3.8) is 0 Å². The zero-order chi connectivity index (χ0) is 19.5. The summed E-state index contributed by atoms with van der Waals surface area (Å²) in [6.45, 7) is -0.0183. The lowest BCUT2D eigenvalue weighted by Gasteiger charge is -2.39. The Morgan fingerprint density at radius 2 is 1.82 bits per heavy atom. The summed E-state index contributed by atoms with van der Waals surface area (Å²) in [5.41, 5.74) is 2.05. The summed E-state index contributed by atoms with van der Waals surface area (Å²) in [5, 5.41) is 4.43. The Balaban J connectivity index is 1.85. The Hall–Kier alpha value is -3.19. The minimum atomic E-state index is -0.185. The van der Waals surface area contributed by atoms with E-state index in [0.29, 0.717) is 12.4 Å². The molecule has 1 aliphatic rings. The van der Waals surface area contributed by atoms with Crippen LogP contribution in [-0.2, 0) is 9.53 Å². The van der Waals surface area contributed by atoms with Gasteiger partial charge >= 0.3 is 0 Å². The van der Waals surface area contributed by atoms with Gasteiger partial charge in [0.05, 0.1) is 19.2 Å². The number of hydrogen-bond donors (Lipinski definition) is 0. The molecule has 0 aliphatic carbocycles. The number of fused-ring (bicyclic) bond motifs is 1. The fourth-order valence-electron chi connectivity index (χ4n) is 3.83. The third-order valence-corrected chi connectivity index (χ3v) is 5.04. The molecule has 0 saturated carbocycles. The smallest absolute Gasteiger partial charge is 0.255 e. The first-order valence-electron chi connectivity index (χ1n) is 9.13. The first kappa shape index (κ1) is 18.2. The first-order chi connectivity index (χ1) is 13.7. The Bertz CT molecular complexity index is 957. The quantitative estimate of drug-likeness (QED) is 0.683. The highest BCUT2D eigenvalue weighted by molar-refractivity contribution is 5.93. The number of carbonyl (C=O) groups is 1. The molecular weight excluding hydrogens is 356 g/mol. The molecule has 1 aromatic heterocycles. The third-order valence-electron chi connectivity index (χ3n) is 5.04. The summed E-state index contributed by atoms with van der Waals surface area (Å²) in [7, 11) is 3.18. The van der Waals surface area contributed by atoms with Crippen molar-refractivity contribution in [1.82, 2.24) is 14.8 Å². The van der Waals surface area contributed by atoms with Gasteiger partial charge in [-0.05, 0) is 18.1 Å². The van der Waals surface area contributed by atoms with Crippen LogP contribution < -0.4 is 9.64 Å². The molecule has 1 aliphatic heterocycles. The number of benzene rings is 2. The second-order valence-electron chi connectivity index (χ2n) is 6.62. The summed E-state index contributed by atoms with van der Waals surface area (Å²) in [6.07, 6.45) is 2.13. The molecule has 7 heteroatoms. The number of methoxy groups -OCH3 is 2. The van der Waals surface area contributed by atoms with Crippen LogP contribution in [0.3, 0.4) is 0 Å². The van der Waals surface area contributed by atoms with Crippen LogP contribution in [0.5, 0.6) is 5.75 Å². The Morgan fingerprint density at radius 1 is 1.07 bits per heavy atom. The lowest BCUT2D eigenvalue weighted by Crippen LogP contribution is -2.44. The molecule has 2 aromatic carbocycles. The number of amides is 1. The second kappa shape index (κ2) is 7.82. The molecular formula is C21H22N4O3. The van der Waals surface area contributed by atoms with Crippen molar-refractivity contribution in [3.8, 4) is 5.75 Å². The van der Waals surface area contributed by atoms with Gasteiger partial charge in [0.15, 0.2) is 0 Å². The molecule has 0 radical (unpaired) electrons. The maximum absolute atomic E-state index is 12.9. The normalized spacial score (nSPS) is 18.6. The molecule has 1 amide bonds. The monoisotopic (exact) mass is 378 g/mol. The van der Waals surface area contributed by atoms with Gasteiger partial charge < -0.3 is 9.47 Å². The molecule has 0 spiro atoms. The lowest BCUT2D eigenvalue weighted by molar-refractivity contribution is -0.123. The fourth-order valence-corrected chi connectivity index (χ4v) is 3.83. The Labute approximate surface area is 163 Å². The maximum atomic E-state index is 12.9. The van der Waals surface area contributed by atoms with Gasteiger partial charge in [0.2, 0.25) is 5.95 Å². The van der Waals surface area contributed by atoms with E-state index in [1.54, 1.807) is 16.7 Å². The lowest BCUT2D eigenvalue weighted by atomic mass is 9.91. The van der Waals surface area contributed by atoms with E-state index in [1.165, 1.54) is 13.4 Å². The number of ether oxygens (including phenoxy) is 2. The zero-order valence-corrected chi connectivity index (χ0v) is 15.9. The van der Waals surface area contributed by atoms with Crippen molar-refractivity contribution in [1.29, 1.82) is 0 Å². The SMILES string of the molecule is COCC(=O)N1c2ncnn2[C@H](c2ccccc2OC)C[C@H]1c1ccccc1. The number of anilines is 1. The van der Waals surface area contributed by atoms with E-state index in [9.17, 15) is 4.79 Å². The summed E-state index contributed by atoms with van der Waals surface area (Å²) in [6, 6.07) is 17.6. The molecule has 28 heavy (non-hydrogen) atoms. The van der Waals surface area contributed by atoms with Crippen molar-refractivity contribution in [2.24, 2.45) is 0 Å². The molecule has 0 bridgehead atoms. The summed E-state index contributed by atoms with van der Waals surface area (Å²) >= 11 is 0. The number of hydrogen-bond acceptors (Lipinski definition) is 5. The van der Waals surface area contributed by atoms with E-state index < -0.39 is 0 Å². The van der Waals surface area contributed by atoms with Gasteiger partial charge in [-0.15, -0.1) is 0 Å². The molecule has 7 nitrogen and oxygen atoms in total. The largest absolute Gasteiger partial charge is 0.496 e. The van der Waals surface area contributed by atoms with Gasteiger partial charge in [0.1, 0.15) is 18.7 Å². The van der Waals surface area contributed by atoms with E-state index >= 15 is 0 Å². The molecule has 0 unspecified atom stereocenters. The van der Waals surface area contributed by atoms with Crippen LogP contribution in [0.2, 0.25) is 0 Å². The highest BCUT2D eigenvalue weighted by Gasteiger charge is 2.39. The molecule has 0 N–H and O–H groups in total. The van der Waals surface area contributed by atoms with E-state index in [0.717, 1.165) is 16.9 Å². The number of para-hydroxylation sites is 1. The highest BCUT2D eigenvalue weighted by Crippen LogP contribution is 2.43. The second-order valence-corrected chi connectivity index (χ2v) is 6.62. The number of rotatable bonds is 5. The number of aromatic nitrogens is 3. The average Bonchev–Trinajstić information content (AvgIpc) is 3.23. The summed E-state index contributed by atoms with van der Waals surface area (Å²) in [4.78, 5) is 19.0. The molecule has 2 heterocycles. The molecule has 0 saturated heterocycles. The number of carbonyl (C=O) groups excluding carboxylic acids is 1. The van der Waals surface area contributed by atoms with Crippen LogP contribution in [0.1, 0.15) is 29.6 Å². The van der Waals surface area contributed by atoms with Gasteiger partial charge in [0.25, 0.3) is 5.91 Å². The van der Waals surface area contributed by atoms with Crippen molar-refractivity contribution in [3.05, 3.63) is 72.1 Å².